The third kappa shape index (κ3) is 5.29. The molecule has 0 atom stereocenters. The van der Waals surface area contributed by atoms with Crippen LogP contribution in [0.4, 0.5) is 4.39 Å². The summed E-state index contributed by atoms with van der Waals surface area (Å²) >= 11 is 0. The molecule has 1 amide bonds. The second-order valence-electron chi connectivity index (χ2n) is 7.19. The van der Waals surface area contributed by atoms with Gasteiger partial charge in [0.2, 0.25) is 0 Å². The van der Waals surface area contributed by atoms with Gasteiger partial charge >= 0.3 is 0 Å². The lowest BCUT2D eigenvalue weighted by atomic mass is 10.1. The molecule has 1 aliphatic heterocycles. The monoisotopic (exact) mass is 416 g/mol. The summed E-state index contributed by atoms with van der Waals surface area (Å²) in [5, 5.41) is 0. The van der Waals surface area contributed by atoms with Gasteiger partial charge in [-0.25, -0.2) is 4.39 Å². The summed E-state index contributed by atoms with van der Waals surface area (Å²) in [5.74, 6) is 1.11. The summed E-state index contributed by atoms with van der Waals surface area (Å²) in [6, 6.07) is 10.0. The zero-order valence-electron chi connectivity index (χ0n) is 17.8. The van der Waals surface area contributed by atoms with Gasteiger partial charge < -0.3 is 19.1 Å². The fourth-order valence-electron chi connectivity index (χ4n) is 3.64. The van der Waals surface area contributed by atoms with Gasteiger partial charge in [0.25, 0.3) is 5.91 Å². The Hall–Kier alpha value is -2.64. The minimum atomic E-state index is -0.276. The summed E-state index contributed by atoms with van der Waals surface area (Å²) in [6.45, 7) is 6.18. The molecule has 0 aliphatic carbocycles. The Morgan fingerprint density at radius 2 is 1.63 bits per heavy atom. The van der Waals surface area contributed by atoms with Crippen molar-refractivity contribution in [1.82, 2.24) is 9.80 Å². The Kier molecular flexibility index (Phi) is 7.65. The number of carbonyl (C=O) groups excluding carboxylic acids is 1. The zero-order chi connectivity index (χ0) is 21.5. The number of rotatable bonds is 8. The molecule has 1 aliphatic rings. The molecule has 3 rings (SSSR count). The molecule has 2 aromatic carbocycles. The fraction of sp³-hybridized carbons (Fsp3) is 0.435. The summed E-state index contributed by atoms with van der Waals surface area (Å²) in [4.78, 5) is 17.0. The van der Waals surface area contributed by atoms with Crippen molar-refractivity contribution in [2.75, 3.05) is 47.0 Å². The molecule has 2 aromatic rings. The highest BCUT2D eigenvalue weighted by molar-refractivity contribution is 5.94. The van der Waals surface area contributed by atoms with Gasteiger partial charge in [-0.05, 0) is 43.3 Å². The first-order chi connectivity index (χ1) is 14.5. The lowest BCUT2D eigenvalue weighted by Gasteiger charge is -2.35. The number of benzene rings is 2. The molecule has 0 saturated carbocycles. The molecule has 0 aromatic heterocycles. The fourth-order valence-corrected chi connectivity index (χ4v) is 3.64. The molecule has 0 spiro atoms. The SMILES string of the molecule is CCOCc1cc(C(=O)N2CCN(Cc3cc(F)ccc3OC)CC2)ccc1OC. The van der Waals surface area contributed by atoms with E-state index in [2.05, 4.69) is 4.90 Å². The topological polar surface area (TPSA) is 51.2 Å². The highest BCUT2D eigenvalue weighted by Gasteiger charge is 2.23. The van der Waals surface area contributed by atoms with Crippen LogP contribution in [0.2, 0.25) is 0 Å². The minimum absolute atomic E-state index is 0.00149. The first-order valence-corrected chi connectivity index (χ1v) is 10.1. The zero-order valence-corrected chi connectivity index (χ0v) is 17.8. The van der Waals surface area contributed by atoms with Crippen molar-refractivity contribution in [2.24, 2.45) is 0 Å². The van der Waals surface area contributed by atoms with Crippen molar-refractivity contribution in [2.45, 2.75) is 20.1 Å². The van der Waals surface area contributed by atoms with Crippen LogP contribution in [0, 0.1) is 5.82 Å². The third-order valence-electron chi connectivity index (χ3n) is 5.28. The van der Waals surface area contributed by atoms with E-state index >= 15 is 0 Å². The van der Waals surface area contributed by atoms with E-state index in [0.29, 0.717) is 63.0 Å². The van der Waals surface area contributed by atoms with Crippen LogP contribution in [0.5, 0.6) is 11.5 Å². The van der Waals surface area contributed by atoms with Crippen LogP contribution in [0.1, 0.15) is 28.4 Å². The van der Waals surface area contributed by atoms with E-state index in [1.165, 1.54) is 12.1 Å². The highest BCUT2D eigenvalue weighted by atomic mass is 19.1. The molecule has 30 heavy (non-hydrogen) atoms. The Morgan fingerprint density at radius 1 is 0.967 bits per heavy atom. The number of hydrogen-bond acceptors (Lipinski definition) is 5. The molecule has 0 N–H and O–H groups in total. The van der Waals surface area contributed by atoms with E-state index in [1.807, 2.05) is 24.0 Å². The Balaban J connectivity index is 1.62. The molecule has 6 nitrogen and oxygen atoms in total. The highest BCUT2D eigenvalue weighted by Crippen LogP contribution is 2.24. The van der Waals surface area contributed by atoms with E-state index in [-0.39, 0.29) is 11.7 Å². The van der Waals surface area contributed by atoms with Crippen molar-refractivity contribution in [3.05, 3.63) is 58.9 Å². The van der Waals surface area contributed by atoms with Gasteiger partial charge in [0.15, 0.2) is 0 Å². The molecular weight excluding hydrogens is 387 g/mol. The van der Waals surface area contributed by atoms with Crippen LogP contribution < -0.4 is 9.47 Å². The van der Waals surface area contributed by atoms with Gasteiger partial charge in [-0.2, -0.15) is 0 Å². The van der Waals surface area contributed by atoms with E-state index in [1.54, 1.807) is 26.4 Å². The minimum Gasteiger partial charge on any atom is -0.496 e. The van der Waals surface area contributed by atoms with Crippen molar-refractivity contribution in [3.8, 4) is 11.5 Å². The number of piperazine rings is 1. The molecule has 0 bridgehead atoms. The van der Waals surface area contributed by atoms with E-state index in [9.17, 15) is 9.18 Å². The van der Waals surface area contributed by atoms with Crippen LogP contribution in [0.3, 0.4) is 0 Å². The summed E-state index contributed by atoms with van der Waals surface area (Å²) in [6.07, 6.45) is 0. The molecule has 1 saturated heterocycles. The van der Waals surface area contributed by atoms with Crippen LogP contribution in [-0.2, 0) is 17.9 Å². The molecule has 162 valence electrons. The first kappa shape index (κ1) is 22.1. The van der Waals surface area contributed by atoms with Crippen molar-refractivity contribution in [1.29, 1.82) is 0 Å². The summed E-state index contributed by atoms with van der Waals surface area (Å²) in [7, 11) is 3.20. The third-order valence-corrected chi connectivity index (χ3v) is 5.28. The second-order valence-corrected chi connectivity index (χ2v) is 7.19. The summed E-state index contributed by atoms with van der Waals surface area (Å²) < 4.78 is 29.8. The average Bonchev–Trinajstić information content (AvgIpc) is 2.77. The second kappa shape index (κ2) is 10.4. The first-order valence-electron chi connectivity index (χ1n) is 10.1. The lowest BCUT2D eigenvalue weighted by Crippen LogP contribution is -2.48. The largest absolute Gasteiger partial charge is 0.496 e. The van der Waals surface area contributed by atoms with Crippen LogP contribution in [-0.4, -0.2) is 62.7 Å². The maximum Gasteiger partial charge on any atom is 0.253 e. The standard InChI is InChI=1S/C23H29FN2O4/c1-4-30-16-19-13-17(5-7-22(19)29-3)23(27)26-11-9-25(10-12-26)15-18-14-20(24)6-8-21(18)28-2/h5-8,13-14H,4,9-12,15-16H2,1-3H3. The average molecular weight is 416 g/mol. The molecular formula is C23H29FN2O4. The van der Waals surface area contributed by atoms with E-state index in [0.717, 1.165) is 11.1 Å². The van der Waals surface area contributed by atoms with Crippen LogP contribution >= 0.6 is 0 Å². The van der Waals surface area contributed by atoms with Crippen LogP contribution in [0.15, 0.2) is 36.4 Å². The number of ether oxygens (including phenoxy) is 3. The van der Waals surface area contributed by atoms with Crippen molar-refractivity contribution >= 4 is 5.91 Å². The molecule has 0 unspecified atom stereocenters. The van der Waals surface area contributed by atoms with Gasteiger partial charge in [0, 0.05) is 56.0 Å². The number of nitrogens with zero attached hydrogens (tertiary/aromatic N) is 2. The van der Waals surface area contributed by atoms with Gasteiger partial charge in [-0.3, -0.25) is 9.69 Å². The number of hydrogen-bond donors (Lipinski definition) is 0. The molecule has 1 fully saturated rings. The predicted octanol–water partition coefficient (Wildman–Crippen LogP) is 3.34. The Labute approximate surface area is 177 Å². The number of methoxy groups -OCH3 is 2. The Morgan fingerprint density at radius 3 is 2.30 bits per heavy atom. The quantitative estimate of drug-likeness (QED) is 0.661. The van der Waals surface area contributed by atoms with Gasteiger partial charge in [-0.15, -0.1) is 0 Å². The van der Waals surface area contributed by atoms with Crippen molar-refractivity contribution < 1.29 is 23.4 Å². The lowest BCUT2D eigenvalue weighted by molar-refractivity contribution is 0.0627. The smallest absolute Gasteiger partial charge is 0.253 e. The van der Waals surface area contributed by atoms with E-state index in [4.69, 9.17) is 14.2 Å². The van der Waals surface area contributed by atoms with E-state index < -0.39 is 0 Å². The maximum atomic E-state index is 13.6. The van der Waals surface area contributed by atoms with Crippen molar-refractivity contribution in [3.63, 3.8) is 0 Å². The molecule has 7 heteroatoms. The number of carbonyl (C=O) groups is 1. The maximum absolute atomic E-state index is 13.6. The summed E-state index contributed by atoms with van der Waals surface area (Å²) in [5.41, 5.74) is 2.31. The van der Waals surface area contributed by atoms with Crippen LogP contribution in [0.25, 0.3) is 0 Å². The van der Waals surface area contributed by atoms with Gasteiger partial charge in [0.1, 0.15) is 17.3 Å². The van der Waals surface area contributed by atoms with Gasteiger partial charge in [0.05, 0.1) is 20.8 Å². The molecule has 0 radical (unpaired) electrons. The Bertz CT molecular complexity index is 866. The molecule has 1 heterocycles. The normalized spacial score (nSPS) is 14.6. The number of halogens is 1. The number of amides is 1. The van der Waals surface area contributed by atoms with Gasteiger partial charge in [-0.1, -0.05) is 0 Å². The predicted molar refractivity (Wildman–Crippen MR) is 112 cm³/mol.